The van der Waals surface area contributed by atoms with Gasteiger partial charge in [-0.1, -0.05) is 206 Å². The lowest BCUT2D eigenvalue weighted by molar-refractivity contribution is 1.18. The van der Waals surface area contributed by atoms with Gasteiger partial charge < -0.3 is 0 Å². The molecule has 2 heteroatoms. The molecular weight excluding hydrogens is 701 g/mol. The lowest BCUT2D eigenvalue weighted by Crippen LogP contribution is -1.96. The van der Waals surface area contributed by atoms with Gasteiger partial charge in [0.25, 0.3) is 0 Å². The van der Waals surface area contributed by atoms with Crippen LogP contribution >= 0.6 is 0 Å². The molecule has 0 bridgehead atoms. The molecule has 9 aromatic carbocycles. The number of nitrogens with zero attached hydrogens (tertiary/aromatic N) is 2. The van der Waals surface area contributed by atoms with Crippen molar-refractivity contribution in [2.75, 3.05) is 0 Å². The van der Waals surface area contributed by atoms with Crippen LogP contribution in [0.1, 0.15) is 0 Å². The first-order chi connectivity index (χ1) is 28.7. The Hall–Kier alpha value is -7.68. The van der Waals surface area contributed by atoms with Gasteiger partial charge in [-0.3, -0.25) is 0 Å². The fraction of sp³-hybridized carbons (Fsp3) is 0. The standard InChI is InChI=1S/C56H36N2/c1-3-13-37(14-4-1)43-17-11-18-44(35-43)56-57-53(41-15-5-2-6-16-41)36-54(58-56)42-31-27-39(28-32-42)38-25-29-40(30-26-38)45-19-7-8-20-46(45)49-33-34-52-48-22-10-9-21-47(48)50-23-12-24-51(49)55(50)52/h1-36H. The summed E-state index contributed by atoms with van der Waals surface area (Å²) in [5.41, 5.74) is 19.7. The van der Waals surface area contributed by atoms with Crippen LogP contribution in [0.3, 0.4) is 0 Å². The van der Waals surface area contributed by atoms with Crippen LogP contribution in [0.4, 0.5) is 0 Å². The maximum atomic E-state index is 5.15. The minimum absolute atomic E-state index is 0.705. The minimum atomic E-state index is 0.705. The summed E-state index contributed by atoms with van der Waals surface area (Å²) < 4.78 is 0. The first-order valence-electron chi connectivity index (χ1n) is 19.8. The smallest absolute Gasteiger partial charge is 0.160 e. The summed E-state index contributed by atoms with van der Waals surface area (Å²) in [5, 5.41) is 2.64. The van der Waals surface area contributed by atoms with Crippen LogP contribution in [0.25, 0.3) is 111 Å². The van der Waals surface area contributed by atoms with E-state index in [1.165, 1.54) is 66.4 Å². The molecular formula is C56H36N2. The summed E-state index contributed by atoms with van der Waals surface area (Å²) in [6, 6.07) is 78.0. The first-order valence-corrected chi connectivity index (χ1v) is 19.8. The molecule has 0 saturated carbocycles. The van der Waals surface area contributed by atoms with Gasteiger partial charge in [-0.05, 0) is 89.7 Å². The van der Waals surface area contributed by atoms with E-state index in [9.17, 15) is 0 Å². The van der Waals surface area contributed by atoms with Gasteiger partial charge in [-0.2, -0.15) is 0 Å². The van der Waals surface area contributed by atoms with Gasteiger partial charge in [0.15, 0.2) is 5.82 Å². The zero-order valence-corrected chi connectivity index (χ0v) is 31.7. The molecule has 0 amide bonds. The summed E-state index contributed by atoms with van der Waals surface area (Å²) in [4.78, 5) is 10.2. The number of hydrogen-bond donors (Lipinski definition) is 0. The lowest BCUT2D eigenvalue weighted by atomic mass is 9.89. The highest BCUT2D eigenvalue weighted by molar-refractivity contribution is 6.19. The number of rotatable bonds is 7. The van der Waals surface area contributed by atoms with Crippen molar-refractivity contribution in [3.05, 3.63) is 218 Å². The molecule has 58 heavy (non-hydrogen) atoms. The third-order valence-corrected chi connectivity index (χ3v) is 11.5. The van der Waals surface area contributed by atoms with Gasteiger partial charge in [-0.25, -0.2) is 9.97 Å². The van der Waals surface area contributed by atoms with E-state index < -0.39 is 0 Å². The van der Waals surface area contributed by atoms with Crippen molar-refractivity contribution >= 4 is 10.8 Å². The summed E-state index contributed by atoms with van der Waals surface area (Å²) >= 11 is 0. The van der Waals surface area contributed by atoms with Crippen molar-refractivity contribution in [1.29, 1.82) is 0 Å². The second-order valence-electron chi connectivity index (χ2n) is 14.9. The largest absolute Gasteiger partial charge is 0.228 e. The van der Waals surface area contributed by atoms with Crippen LogP contribution in [0.5, 0.6) is 0 Å². The van der Waals surface area contributed by atoms with Crippen LogP contribution in [0.15, 0.2) is 218 Å². The lowest BCUT2D eigenvalue weighted by Gasteiger charge is -2.14. The molecule has 0 unspecified atom stereocenters. The van der Waals surface area contributed by atoms with E-state index in [4.69, 9.17) is 9.97 Å². The van der Waals surface area contributed by atoms with E-state index in [1.54, 1.807) is 0 Å². The van der Waals surface area contributed by atoms with Crippen molar-refractivity contribution in [3.8, 4) is 101 Å². The predicted molar refractivity (Wildman–Crippen MR) is 242 cm³/mol. The maximum Gasteiger partial charge on any atom is 0.160 e. The van der Waals surface area contributed by atoms with Gasteiger partial charge in [0, 0.05) is 16.7 Å². The normalized spacial score (nSPS) is 11.4. The van der Waals surface area contributed by atoms with Crippen molar-refractivity contribution in [2.24, 2.45) is 0 Å². The van der Waals surface area contributed by atoms with E-state index in [0.29, 0.717) is 5.82 Å². The summed E-state index contributed by atoms with van der Waals surface area (Å²) in [6.07, 6.45) is 0. The monoisotopic (exact) mass is 736 g/mol. The van der Waals surface area contributed by atoms with Crippen LogP contribution < -0.4 is 0 Å². The molecule has 1 heterocycles. The zero-order valence-electron chi connectivity index (χ0n) is 31.7. The van der Waals surface area contributed by atoms with Crippen LogP contribution in [0, 0.1) is 0 Å². The molecule has 0 N–H and O–H groups in total. The Labute approximate surface area is 338 Å². The van der Waals surface area contributed by atoms with Gasteiger partial charge >= 0.3 is 0 Å². The molecule has 0 atom stereocenters. The fourth-order valence-electron chi connectivity index (χ4n) is 8.64. The highest BCUT2D eigenvalue weighted by Gasteiger charge is 2.23. The van der Waals surface area contributed by atoms with Crippen LogP contribution in [-0.2, 0) is 0 Å². The Kier molecular flexibility index (Phi) is 8.19. The van der Waals surface area contributed by atoms with Crippen LogP contribution in [0.2, 0.25) is 0 Å². The predicted octanol–water partition coefficient (Wildman–Crippen LogP) is 14.9. The van der Waals surface area contributed by atoms with Crippen molar-refractivity contribution in [3.63, 3.8) is 0 Å². The van der Waals surface area contributed by atoms with Gasteiger partial charge in [-0.15, -0.1) is 0 Å². The van der Waals surface area contributed by atoms with E-state index in [0.717, 1.165) is 39.2 Å². The average molecular weight is 737 g/mol. The fourth-order valence-corrected chi connectivity index (χ4v) is 8.64. The maximum absolute atomic E-state index is 5.15. The zero-order chi connectivity index (χ0) is 38.4. The topological polar surface area (TPSA) is 25.8 Å². The quantitative estimate of drug-likeness (QED) is 0.163. The second kappa shape index (κ2) is 14.1. The van der Waals surface area contributed by atoms with Gasteiger partial charge in [0.1, 0.15) is 0 Å². The summed E-state index contributed by atoms with van der Waals surface area (Å²) in [5.74, 6) is 0.705. The molecule has 11 rings (SSSR count). The Bertz CT molecular complexity index is 3100. The van der Waals surface area contributed by atoms with Crippen molar-refractivity contribution in [1.82, 2.24) is 9.97 Å². The molecule has 0 fully saturated rings. The Morgan fingerprint density at radius 3 is 1.29 bits per heavy atom. The molecule has 10 aromatic rings. The molecule has 1 aromatic heterocycles. The van der Waals surface area contributed by atoms with Gasteiger partial charge in [0.05, 0.1) is 11.4 Å². The van der Waals surface area contributed by atoms with E-state index in [-0.39, 0.29) is 0 Å². The van der Waals surface area contributed by atoms with Gasteiger partial charge in [0.2, 0.25) is 0 Å². The Morgan fingerprint density at radius 2 is 0.638 bits per heavy atom. The first kappa shape index (κ1) is 33.6. The molecule has 0 aliphatic heterocycles. The minimum Gasteiger partial charge on any atom is -0.228 e. The van der Waals surface area contributed by atoms with E-state index >= 15 is 0 Å². The molecule has 2 nitrogen and oxygen atoms in total. The highest BCUT2D eigenvalue weighted by Crippen LogP contribution is 2.50. The molecule has 0 spiro atoms. The molecule has 0 saturated heterocycles. The third kappa shape index (κ3) is 5.91. The number of benzene rings is 9. The molecule has 1 aliphatic carbocycles. The second-order valence-corrected chi connectivity index (χ2v) is 14.9. The summed E-state index contributed by atoms with van der Waals surface area (Å²) in [7, 11) is 0. The number of aromatic nitrogens is 2. The third-order valence-electron chi connectivity index (χ3n) is 11.5. The molecule has 1 aliphatic rings. The van der Waals surface area contributed by atoms with E-state index in [1.807, 2.05) is 12.1 Å². The van der Waals surface area contributed by atoms with Crippen molar-refractivity contribution < 1.29 is 0 Å². The highest BCUT2D eigenvalue weighted by atomic mass is 14.9. The van der Waals surface area contributed by atoms with Crippen LogP contribution in [-0.4, -0.2) is 9.97 Å². The Balaban J connectivity index is 0.917. The van der Waals surface area contributed by atoms with E-state index in [2.05, 4.69) is 206 Å². The molecule has 0 radical (unpaired) electrons. The molecule has 270 valence electrons. The Morgan fingerprint density at radius 1 is 0.224 bits per heavy atom. The number of fused-ring (bicyclic) bond motifs is 3. The average Bonchev–Trinajstić information content (AvgIpc) is 3.64. The summed E-state index contributed by atoms with van der Waals surface area (Å²) in [6.45, 7) is 0. The van der Waals surface area contributed by atoms with Crippen molar-refractivity contribution in [2.45, 2.75) is 0 Å². The number of hydrogen-bond acceptors (Lipinski definition) is 2. The SMILES string of the molecule is c1ccc(-c2cccc(-c3nc(-c4ccccc4)cc(-c4ccc(-c5ccc(-c6ccccc6-c6ccc7c8c(cccc68)-c6ccccc6-7)cc5)cc4)n3)c2)cc1.